The van der Waals surface area contributed by atoms with Crippen molar-refractivity contribution in [3.8, 4) is 0 Å². The molecule has 0 bridgehead atoms. The van der Waals surface area contributed by atoms with Crippen LogP contribution in [0.1, 0.15) is 30.1 Å². The van der Waals surface area contributed by atoms with E-state index in [0.717, 1.165) is 32.5 Å². The zero-order valence-corrected chi connectivity index (χ0v) is 10.7. The summed E-state index contributed by atoms with van der Waals surface area (Å²) in [5, 5.41) is 2.97. The van der Waals surface area contributed by atoms with Crippen molar-refractivity contribution < 1.29 is 9.18 Å². The van der Waals surface area contributed by atoms with Crippen LogP contribution in [0.2, 0.25) is 0 Å². The van der Waals surface area contributed by atoms with E-state index in [1.807, 2.05) is 0 Å². The fourth-order valence-corrected chi connectivity index (χ4v) is 2.29. The number of carbonyl (C=O) groups is 1. The second-order valence-corrected chi connectivity index (χ2v) is 4.69. The van der Waals surface area contributed by atoms with Gasteiger partial charge in [-0.25, -0.2) is 4.39 Å². The van der Waals surface area contributed by atoms with Crippen LogP contribution in [-0.2, 0) is 0 Å². The van der Waals surface area contributed by atoms with Gasteiger partial charge >= 0.3 is 0 Å². The molecule has 2 rings (SSSR count). The van der Waals surface area contributed by atoms with Gasteiger partial charge in [0.25, 0.3) is 5.91 Å². The molecule has 18 heavy (non-hydrogen) atoms. The van der Waals surface area contributed by atoms with Crippen molar-refractivity contribution in [3.63, 3.8) is 0 Å². The van der Waals surface area contributed by atoms with Gasteiger partial charge in [0.2, 0.25) is 0 Å². The Bertz CT molecular complexity index is 414. The van der Waals surface area contributed by atoms with Gasteiger partial charge in [-0.1, -0.05) is 13.0 Å². The first-order valence-electron chi connectivity index (χ1n) is 6.48. The Morgan fingerprint density at radius 1 is 1.44 bits per heavy atom. The van der Waals surface area contributed by atoms with Gasteiger partial charge in [-0.3, -0.25) is 4.79 Å². The van der Waals surface area contributed by atoms with E-state index in [-0.39, 0.29) is 17.8 Å². The minimum Gasteiger partial charge on any atom is -0.349 e. The maximum absolute atomic E-state index is 13.0. The lowest BCUT2D eigenvalue weighted by Gasteiger charge is -2.31. The third-order valence-corrected chi connectivity index (χ3v) is 3.46. The van der Waals surface area contributed by atoms with Gasteiger partial charge in [0.15, 0.2) is 0 Å². The number of rotatable bonds is 3. The first kappa shape index (κ1) is 13.0. The van der Waals surface area contributed by atoms with Crippen molar-refractivity contribution in [3.05, 3.63) is 35.6 Å². The minimum absolute atomic E-state index is 0.176. The van der Waals surface area contributed by atoms with E-state index in [2.05, 4.69) is 17.1 Å². The molecule has 1 amide bonds. The summed E-state index contributed by atoms with van der Waals surface area (Å²) >= 11 is 0. The van der Waals surface area contributed by atoms with Crippen LogP contribution in [0.15, 0.2) is 24.3 Å². The second-order valence-electron chi connectivity index (χ2n) is 4.69. The summed E-state index contributed by atoms with van der Waals surface area (Å²) in [6.45, 7) is 5.24. The first-order valence-corrected chi connectivity index (χ1v) is 6.48. The predicted molar refractivity (Wildman–Crippen MR) is 69.0 cm³/mol. The molecular formula is C14H19FN2O. The number of likely N-dealkylation sites (tertiary alicyclic amines) is 1. The molecule has 1 N–H and O–H groups in total. The van der Waals surface area contributed by atoms with E-state index in [0.29, 0.717) is 5.56 Å². The van der Waals surface area contributed by atoms with Crippen molar-refractivity contribution in [2.24, 2.45) is 0 Å². The lowest BCUT2D eigenvalue weighted by Crippen LogP contribution is -2.44. The van der Waals surface area contributed by atoms with Crippen LogP contribution in [0.4, 0.5) is 4.39 Å². The largest absolute Gasteiger partial charge is 0.349 e. The summed E-state index contributed by atoms with van der Waals surface area (Å²) in [5.74, 6) is -0.548. The van der Waals surface area contributed by atoms with E-state index in [9.17, 15) is 9.18 Å². The molecule has 98 valence electrons. The zero-order chi connectivity index (χ0) is 13.0. The monoisotopic (exact) mass is 250 g/mol. The van der Waals surface area contributed by atoms with E-state index in [4.69, 9.17) is 0 Å². The molecular weight excluding hydrogens is 231 g/mol. The van der Waals surface area contributed by atoms with E-state index < -0.39 is 0 Å². The number of carbonyl (C=O) groups excluding carboxylic acids is 1. The first-order chi connectivity index (χ1) is 8.69. The fraction of sp³-hybridized carbons (Fsp3) is 0.500. The lowest BCUT2D eigenvalue weighted by molar-refractivity contribution is 0.0912. The van der Waals surface area contributed by atoms with Crippen molar-refractivity contribution in [2.45, 2.75) is 25.8 Å². The summed E-state index contributed by atoms with van der Waals surface area (Å²) < 4.78 is 13.0. The highest BCUT2D eigenvalue weighted by atomic mass is 19.1. The molecule has 1 saturated heterocycles. The van der Waals surface area contributed by atoms with Crippen LogP contribution in [0.3, 0.4) is 0 Å². The Hall–Kier alpha value is -1.42. The average molecular weight is 250 g/mol. The Morgan fingerprint density at radius 2 is 2.17 bits per heavy atom. The van der Waals surface area contributed by atoms with Crippen LogP contribution < -0.4 is 5.32 Å². The number of benzene rings is 1. The lowest BCUT2D eigenvalue weighted by atomic mass is 10.0. The zero-order valence-electron chi connectivity index (χ0n) is 10.7. The molecule has 0 aromatic heterocycles. The molecule has 1 fully saturated rings. The van der Waals surface area contributed by atoms with Gasteiger partial charge in [-0.05, 0) is 37.6 Å². The quantitative estimate of drug-likeness (QED) is 0.890. The van der Waals surface area contributed by atoms with Gasteiger partial charge in [0, 0.05) is 24.7 Å². The average Bonchev–Trinajstić information content (AvgIpc) is 2.39. The minimum atomic E-state index is -0.372. The van der Waals surface area contributed by atoms with Crippen LogP contribution >= 0.6 is 0 Å². The van der Waals surface area contributed by atoms with Crippen molar-refractivity contribution >= 4 is 5.91 Å². The maximum atomic E-state index is 13.0. The Morgan fingerprint density at radius 3 is 2.78 bits per heavy atom. The molecule has 1 heterocycles. The Labute approximate surface area is 107 Å². The van der Waals surface area contributed by atoms with Crippen LogP contribution in [0, 0.1) is 5.82 Å². The molecule has 3 nitrogen and oxygen atoms in total. The number of nitrogens with zero attached hydrogens (tertiary/aromatic N) is 1. The van der Waals surface area contributed by atoms with Crippen LogP contribution in [0.25, 0.3) is 0 Å². The highest BCUT2D eigenvalue weighted by Crippen LogP contribution is 2.11. The number of amides is 1. The summed E-state index contributed by atoms with van der Waals surface area (Å²) in [5.41, 5.74) is 0.396. The van der Waals surface area contributed by atoms with E-state index in [1.54, 1.807) is 12.1 Å². The van der Waals surface area contributed by atoms with Gasteiger partial charge in [0.1, 0.15) is 5.82 Å². The predicted octanol–water partition coefficient (Wildman–Crippen LogP) is 2.04. The topological polar surface area (TPSA) is 32.3 Å². The van der Waals surface area contributed by atoms with Crippen molar-refractivity contribution in [1.82, 2.24) is 10.2 Å². The Balaban J connectivity index is 1.89. The number of piperidine rings is 1. The molecule has 1 aromatic carbocycles. The number of halogens is 1. The second kappa shape index (κ2) is 5.96. The number of hydrogen-bond donors (Lipinski definition) is 1. The van der Waals surface area contributed by atoms with Gasteiger partial charge in [-0.15, -0.1) is 0 Å². The molecule has 0 aliphatic carbocycles. The summed E-state index contributed by atoms with van der Waals surface area (Å²) in [7, 11) is 0. The van der Waals surface area contributed by atoms with Gasteiger partial charge < -0.3 is 10.2 Å². The molecule has 1 aliphatic heterocycles. The molecule has 0 spiro atoms. The van der Waals surface area contributed by atoms with Gasteiger partial charge in [-0.2, -0.15) is 0 Å². The smallest absolute Gasteiger partial charge is 0.251 e. The summed E-state index contributed by atoms with van der Waals surface area (Å²) in [6, 6.07) is 6.03. The van der Waals surface area contributed by atoms with E-state index in [1.165, 1.54) is 12.1 Å². The third-order valence-electron chi connectivity index (χ3n) is 3.46. The SMILES string of the molecule is CCN1CCC(NC(=O)c2cccc(F)c2)CC1. The summed E-state index contributed by atoms with van der Waals surface area (Å²) in [6.07, 6.45) is 1.93. The highest BCUT2D eigenvalue weighted by molar-refractivity contribution is 5.94. The molecule has 4 heteroatoms. The fourth-order valence-electron chi connectivity index (χ4n) is 2.29. The highest BCUT2D eigenvalue weighted by Gasteiger charge is 2.20. The molecule has 0 saturated carbocycles. The van der Waals surface area contributed by atoms with Crippen LogP contribution in [0.5, 0.6) is 0 Å². The van der Waals surface area contributed by atoms with E-state index >= 15 is 0 Å². The summed E-state index contributed by atoms with van der Waals surface area (Å²) in [4.78, 5) is 14.3. The standard InChI is InChI=1S/C14H19FN2O/c1-2-17-8-6-13(7-9-17)16-14(18)11-4-3-5-12(15)10-11/h3-5,10,13H,2,6-9H2,1H3,(H,16,18). The molecule has 1 aliphatic rings. The molecule has 0 unspecified atom stereocenters. The maximum Gasteiger partial charge on any atom is 0.251 e. The number of nitrogens with one attached hydrogen (secondary N) is 1. The van der Waals surface area contributed by atoms with Crippen LogP contribution in [-0.4, -0.2) is 36.5 Å². The van der Waals surface area contributed by atoms with Crippen molar-refractivity contribution in [1.29, 1.82) is 0 Å². The molecule has 1 aromatic rings. The third kappa shape index (κ3) is 3.29. The van der Waals surface area contributed by atoms with Crippen molar-refractivity contribution in [2.75, 3.05) is 19.6 Å². The number of hydrogen-bond acceptors (Lipinski definition) is 2. The molecule has 0 radical (unpaired) electrons. The Kier molecular flexibility index (Phi) is 4.31. The van der Waals surface area contributed by atoms with Gasteiger partial charge in [0.05, 0.1) is 0 Å². The molecule has 0 atom stereocenters. The normalized spacial score (nSPS) is 17.7.